The predicted octanol–water partition coefficient (Wildman–Crippen LogP) is -1.47. The molecule has 1 aromatic heterocycles. The Labute approximate surface area is 96.4 Å². The van der Waals surface area contributed by atoms with Gasteiger partial charge in [-0.2, -0.15) is 0 Å². The van der Waals surface area contributed by atoms with E-state index in [1.54, 1.807) is 0 Å². The molecule has 1 fully saturated rings. The van der Waals surface area contributed by atoms with E-state index in [9.17, 15) is 14.4 Å². The van der Waals surface area contributed by atoms with Crippen molar-refractivity contribution in [3.05, 3.63) is 32.6 Å². The normalized spacial score (nSPS) is 16.5. The summed E-state index contributed by atoms with van der Waals surface area (Å²) >= 11 is 0. The third-order valence-electron chi connectivity index (χ3n) is 2.79. The molecule has 7 heteroatoms. The van der Waals surface area contributed by atoms with Crippen molar-refractivity contribution in [1.29, 1.82) is 0 Å². The number of carbonyl (C=O) groups excluding carboxylic acids is 1. The summed E-state index contributed by atoms with van der Waals surface area (Å²) in [6.45, 7) is 0.335. The van der Waals surface area contributed by atoms with Crippen molar-refractivity contribution >= 4 is 5.91 Å². The maximum Gasteiger partial charge on any atom is 0.325 e. The predicted molar refractivity (Wildman–Crippen MR) is 60.7 cm³/mol. The molecule has 0 aromatic carbocycles. The van der Waals surface area contributed by atoms with Crippen LogP contribution in [0.4, 0.5) is 0 Å². The van der Waals surface area contributed by atoms with Crippen LogP contribution < -0.4 is 22.3 Å². The van der Waals surface area contributed by atoms with Gasteiger partial charge >= 0.3 is 5.69 Å². The molecule has 0 spiro atoms. The first-order valence-electron chi connectivity index (χ1n) is 5.43. The first-order chi connectivity index (χ1) is 8.08. The number of hydrogen-bond acceptors (Lipinski definition) is 4. The second-order valence-corrected chi connectivity index (χ2v) is 4.20. The fraction of sp³-hybridized carbons (Fsp3) is 0.500. The van der Waals surface area contributed by atoms with Crippen molar-refractivity contribution < 1.29 is 4.79 Å². The SMILES string of the molecule is NC(CNC(=O)c1c[nH]c(=O)[nH]c1=O)C1CC1. The molecule has 1 saturated carbocycles. The van der Waals surface area contributed by atoms with E-state index in [1.165, 1.54) is 0 Å². The molecule has 0 aliphatic heterocycles. The van der Waals surface area contributed by atoms with Crippen LogP contribution in [0.5, 0.6) is 0 Å². The summed E-state index contributed by atoms with van der Waals surface area (Å²) < 4.78 is 0. The van der Waals surface area contributed by atoms with Crippen LogP contribution in [0.1, 0.15) is 23.2 Å². The minimum absolute atomic E-state index is 0.0687. The molecule has 1 amide bonds. The summed E-state index contributed by atoms with van der Waals surface area (Å²) in [4.78, 5) is 37.9. The zero-order valence-electron chi connectivity index (χ0n) is 9.16. The highest BCUT2D eigenvalue weighted by Crippen LogP contribution is 2.31. The van der Waals surface area contributed by atoms with E-state index in [4.69, 9.17) is 5.73 Å². The number of carbonyl (C=O) groups is 1. The van der Waals surface area contributed by atoms with Crippen LogP contribution in [0, 0.1) is 5.92 Å². The number of nitrogens with two attached hydrogens (primary N) is 1. The van der Waals surface area contributed by atoms with E-state index in [1.807, 2.05) is 4.98 Å². The van der Waals surface area contributed by atoms with Crippen molar-refractivity contribution in [2.75, 3.05) is 6.54 Å². The van der Waals surface area contributed by atoms with Crippen molar-refractivity contribution in [3.63, 3.8) is 0 Å². The van der Waals surface area contributed by atoms with E-state index in [0.29, 0.717) is 12.5 Å². The smallest absolute Gasteiger partial charge is 0.325 e. The molecule has 1 aliphatic carbocycles. The minimum Gasteiger partial charge on any atom is -0.350 e. The standard InChI is InChI=1S/C10H14N4O3/c11-7(5-1-2-5)4-12-8(15)6-3-13-10(17)14-9(6)16/h3,5,7H,1-2,4,11H2,(H,12,15)(H2,13,14,16,17). The number of H-pyrrole nitrogens is 2. The van der Waals surface area contributed by atoms with Crippen LogP contribution in [0.25, 0.3) is 0 Å². The molecule has 92 valence electrons. The van der Waals surface area contributed by atoms with Gasteiger partial charge in [-0.05, 0) is 18.8 Å². The lowest BCUT2D eigenvalue weighted by molar-refractivity contribution is 0.0948. The Morgan fingerprint density at radius 1 is 1.53 bits per heavy atom. The topological polar surface area (TPSA) is 121 Å². The number of nitrogens with one attached hydrogen (secondary N) is 3. The monoisotopic (exact) mass is 238 g/mol. The quantitative estimate of drug-likeness (QED) is 0.511. The lowest BCUT2D eigenvalue weighted by atomic mass is 10.2. The van der Waals surface area contributed by atoms with Gasteiger partial charge in [-0.15, -0.1) is 0 Å². The van der Waals surface area contributed by atoms with Gasteiger partial charge in [0.25, 0.3) is 11.5 Å². The van der Waals surface area contributed by atoms with Gasteiger partial charge in [-0.3, -0.25) is 14.6 Å². The van der Waals surface area contributed by atoms with Gasteiger partial charge in [0.1, 0.15) is 5.56 Å². The second-order valence-electron chi connectivity index (χ2n) is 4.20. The Morgan fingerprint density at radius 3 is 2.82 bits per heavy atom. The number of rotatable bonds is 4. The molecule has 1 heterocycles. The van der Waals surface area contributed by atoms with Crippen molar-refractivity contribution in [2.24, 2.45) is 11.7 Å². The maximum atomic E-state index is 11.6. The molecular weight excluding hydrogens is 224 g/mol. The van der Waals surface area contributed by atoms with E-state index < -0.39 is 17.2 Å². The zero-order chi connectivity index (χ0) is 12.4. The highest BCUT2D eigenvalue weighted by Gasteiger charge is 2.28. The van der Waals surface area contributed by atoms with Crippen LogP contribution in [0.3, 0.4) is 0 Å². The summed E-state index contributed by atoms with van der Waals surface area (Å²) in [6.07, 6.45) is 3.28. The molecule has 1 aliphatic rings. The molecule has 5 N–H and O–H groups in total. The minimum atomic E-state index is -0.703. The molecule has 17 heavy (non-hydrogen) atoms. The molecule has 0 saturated heterocycles. The summed E-state index contributed by atoms with van der Waals surface area (Å²) in [7, 11) is 0. The van der Waals surface area contributed by atoms with Crippen molar-refractivity contribution in [3.8, 4) is 0 Å². The third kappa shape index (κ3) is 2.82. The van der Waals surface area contributed by atoms with E-state index in [2.05, 4.69) is 10.3 Å². The van der Waals surface area contributed by atoms with E-state index in [0.717, 1.165) is 19.0 Å². The number of aromatic nitrogens is 2. The molecule has 1 aromatic rings. The largest absolute Gasteiger partial charge is 0.350 e. The summed E-state index contributed by atoms with van der Waals surface area (Å²) in [5.41, 5.74) is 4.35. The van der Waals surface area contributed by atoms with Gasteiger partial charge in [0.15, 0.2) is 0 Å². The molecule has 1 atom stereocenters. The summed E-state index contributed by atoms with van der Waals surface area (Å²) in [5, 5.41) is 2.57. The highest BCUT2D eigenvalue weighted by atomic mass is 16.2. The Hall–Kier alpha value is -1.89. The summed E-state index contributed by atoms with van der Waals surface area (Å²) in [6, 6.07) is -0.0687. The van der Waals surface area contributed by atoms with Crippen LogP contribution in [-0.2, 0) is 0 Å². The average Bonchev–Trinajstić information content (AvgIpc) is 3.09. The average molecular weight is 238 g/mol. The molecule has 0 bridgehead atoms. The summed E-state index contributed by atoms with van der Waals surface area (Å²) in [5.74, 6) is -0.0530. The van der Waals surface area contributed by atoms with E-state index in [-0.39, 0.29) is 11.6 Å². The molecule has 2 rings (SSSR count). The van der Waals surface area contributed by atoms with Crippen molar-refractivity contribution in [1.82, 2.24) is 15.3 Å². The zero-order valence-corrected chi connectivity index (χ0v) is 9.16. The van der Waals surface area contributed by atoms with Crippen LogP contribution in [0.2, 0.25) is 0 Å². The fourth-order valence-corrected chi connectivity index (χ4v) is 1.58. The van der Waals surface area contributed by atoms with Crippen LogP contribution in [-0.4, -0.2) is 28.5 Å². The van der Waals surface area contributed by atoms with Crippen LogP contribution in [0.15, 0.2) is 15.8 Å². The number of amides is 1. The number of aromatic amines is 2. The van der Waals surface area contributed by atoms with Gasteiger partial charge in [0.05, 0.1) is 0 Å². The highest BCUT2D eigenvalue weighted by molar-refractivity contribution is 5.93. The van der Waals surface area contributed by atoms with Gasteiger partial charge < -0.3 is 16.0 Å². The van der Waals surface area contributed by atoms with E-state index >= 15 is 0 Å². The Bertz CT molecular complexity index is 529. The van der Waals surface area contributed by atoms with Crippen molar-refractivity contribution in [2.45, 2.75) is 18.9 Å². The first-order valence-corrected chi connectivity index (χ1v) is 5.43. The number of hydrogen-bond donors (Lipinski definition) is 4. The van der Waals surface area contributed by atoms with Gasteiger partial charge in [-0.25, -0.2) is 4.79 Å². The molecule has 1 unspecified atom stereocenters. The van der Waals surface area contributed by atoms with Gasteiger partial charge in [0.2, 0.25) is 0 Å². The first kappa shape index (κ1) is 11.6. The molecule has 7 nitrogen and oxygen atoms in total. The lowest BCUT2D eigenvalue weighted by Gasteiger charge is -2.10. The Balaban J connectivity index is 1.99. The van der Waals surface area contributed by atoms with Crippen LogP contribution >= 0.6 is 0 Å². The Morgan fingerprint density at radius 2 is 2.24 bits per heavy atom. The van der Waals surface area contributed by atoms with Gasteiger partial charge in [0, 0.05) is 18.8 Å². The molecule has 0 radical (unpaired) electrons. The lowest BCUT2D eigenvalue weighted by Crippen LogP contribution is -2.41. The van der Waals surface area contributed by atoms with Gasteiger partial charge in [-0.1, -0.05) is 0 Å². The fourth-order valence-electron chi connectivity index (χ4n) is 1.58. The molecular formula is C10H14N4O3. The second kappa shape index (κ2) is 4.54. The Kier molecular flexibility index (Phi) is 3.10. The third-order valence-corrected chi connectivity index (χ3v) is 2.79. The maximum absolute atomic E-state index is 11.6.